The number of hydrogen-bond donors (Lipinski definition) is 0. The van der Waals surface area contributed by atoms with Gasteiger partial charge in [-0.3, -0.25) is 9.59 Å². The molecule has 0 radical (unpaired) electrons. The van der Waals surface area contributed by atoms with E-state index in [1.807, 2.05) is 13.0 Å². The standard InChI is InChI=1S/C11H17NO4/c1-5-8(6-7-12)11(2,9(13)15-3)10(14)16-4/h8H,5-6H2,1-4H3. The molecule has 0 aliphatic heterocycles. The van der Waals surface area contributed by atoms with Gasteiger partial charge in [0.25, 0.3) is 0 Å². The monoisotopic (exact) mass is 227 g/mol. The summed E-state index contributed by atoms with van der Waals surface area (Å²) in [5.41, 5.74) is -1.41. The van der Waals surface area contributed by atoms with Gasteiger partial charge in [-0.25, -0.2) is 0 Å². The smallest absolute Gasteiger partial charge is 0.323 e. The van der Waals surface area contributed by atoms with Crippen molar-refractivity contribution in [1.29, 1.82) is 5.26 Å². The summed E-state index contributed by atoms with van der Waals surface area (Å²) in [6.45, 7) is 3.27. The maximum atomic E-state index is 11.7. The van der Waals surface area contributed by atoms with Crippen LogP contribution in [0.1, 0.15) is 26.7 Å². The zero-order chi connectivity index (χ0) is 12.8. The summed E-state index contributed by atoms with van der Waals surface area (Å²) in [7, 11) is 2.42. The van der Waals surface area contributed by atoms with Gasteiger partial charge in [0.05, 0.1) is 20.3 Å². The molecule has 0 saturated carbocycles. The van der Waals surface area contributed by atoms with Crippen molar-refractivity contribution in [2.45, 2.75) is 26.7 Å². The summed E-state index contributed by atoms with van der Waals surface area (Å²) in [6, 6.07) is 1.97. The zero-order valence-electron chi connectivity index (χ0n) is 10.1. The Kier molecular flexibility index (Phi) is 5.51. The number of esters is 2. The normalized spacial score (nSPS) is 12.4. The predicted molar refractivity (Wildman–Crippen MR) is 56.2 cm³/mol. The van der Waals surface area contributed by atoms with Crippen LogP contribution in [0.5, 0.6) is 0 Å². The molecule has 90 valence electrons. The Morgan fingerprint density at radius 3 is 2.00 bits per heavy atom. The number of nitriles is 1. The molecule has 0 spiro atoms. The van der Waals surface area contributed by atoms with E-state index in [4.69, 9.17) is 5.26 Å². The summed E-state index contributed by atoms with van der Waals surface area (Å²) in [5.74, 6) is -1.74. The van der Waals surface area contributed by atoms with Crippen LogP contribution in [0, 0.1) is 22.7 Å². The Morgan fingerprint density at radius 1 is 1.31 bits per heavy atom. The van der Waals surface area contributed by atoms with E-state index >= 15 is 0 Å². The van der Waals surface area contributed by atoms with Gasteiger partial charge in [0.15, 0.2) is 5.41 Å². The van der Waals surface area contributed by atoms with Crippen LogP contribution < -0.4 is 0 Å². The third-order valence-corrected chi connectivity index (χ3v) is 2.87. The summed E-state index contributed by atoms with van der Waals surface area (Å²) >= 11 is 0. The van der Waals surface area contributed by atoms with E-state index < -0.39 is 23.3 Å². The largest absolute Gasteiger partial charge is 0.468 e. The van der Waals surface area contributed by atoms with E-state index in [1.54, 1.807) is 0 Å². The van der Waals surface area contributed by atoms with Crippen molar-refractivity contribution < 1.29 is 19.1 Å². The SMILES string of the molecule is CCC(CC#N)C(C)(C(=O)OC)C(=O)OC. The van der Waals surface area contributed by atoms with Crippen LogP contribution in [0.15, 0.2) is 0 Å². The molecular weight excluding hydrogens is 210 g/mol. The van der Waals surface area contributed by atoms with Gasteiger partial charge in [0.1, 0.15) is 0 Å². The van der Waals surface area contributed by atoms with E-state index in [0.29, 0.717) is 6.42 Å². The van der Waals surface area contributed by atoms with E-state index in [9.17, 15) is 9.59 Å². The van der Waals surface area contributed by atoms with E-state index in [0.717, 1.165) is 0 Å². The van der Waals surface area contributed by atoms with Gasteiger partial charge < -0.3 is 9.47 Å². The van der Waals surface area contributed by atoms with E-state index in [2.05, 4.69) is 9.47 Å². The van der Waals surface area contributed by atoms with Crippen LogP contribution in [-0.4, -0.2) is 26.2 Å². The number of carbonyl (C=O) groups excluding carboxylic acids is 2. The molecule has 0 amide bonds. The first-order chi connectivity index (χ1) is 7.48. The lowest BCUT2D eigenvalue weighted by Crippen LogP contribution is -2.44. The fraction of sp³-hybridized carbons (Fsp3) is 0.727. The Balaban J connectivity index is 5.28. The maximum Gasteiger partial charge on any atom is 0.323 e. The molecule has 16 heavy (non-hydrogen) atoms. The third kappa shape index (κ3) is 2.51. The van der Waals surface area contributed by atoms with Crippen molar-refractivity contribution in [2.24, 2.45) is 11.3 Å². The van der Waals surface area contributed by atoms with Crippen molar-refractivity contribution in [3.8, 4) is 6.07 Å². The first-order valence-electron chi connectivity index (χ1n) is 5.02. The lowest BCUT2D eigenvalue weighted by atomic mass is 9.74. The van der Waals surface area contributed by atoms with Crippen molar-refractivity contribution in [2.75, 3.05) is 14.2 Å². The minimum absolute atomic E-state index is 0.108. The summed E-state index contributed by atoms with van der Waals surface area (Å²) in [5, 5.41) is 8.69. The number of rotatable bonds is 5. The molecule has 0 aliphatic carbocycles. The highest BCUT2D eigenvalue weighted by Crippen LogP contribution is 2.35. The van der Waals surface area contributed by atoms with Crippen LogP contribution in [0.2, 0.25) is 0 Å². The van der Waals surface area contributed by atoms with Crippen molar-refractivity contribution in [1.82, 2.24) is 0 Å². The molecule has 0 bridgehead atoms. The maximum absolute atomic E-state index is 11.7. The molecule has 1 unspecified atom stereocenters. The van der Waals surface area contributed by atoms with Gasteiger partial charge in [-0.1, -0.05) is 13.3 Å². The molecule has 0 N–H and O–H groups in total. The second kappa shape index (κ2) is 6.11. The molecule has 0 fully saturated rings. The zero-order valence-corrected chi connectivity index (χ0v) is 10.1. The molecular formula is C11H17NO4. The first kappa shape index (κ1) is 14.4. The Labute approximate surface area is 95.3 Å². The quantitative estimate of drug-likeness (QED) is 0.522. The lowest BCUT2D eigenvalue weighted by Gasteiger charge is -2.30. The molecule has 0 aliphatic rings. The highest BCUT2D eigenvalue weighted by atomic mass is 16.5. The first-order valence-corrected chi connectivity index (χ1v) is 5.02. The predicted octanol–water partition coefficient (Wildman–Crippen LogP) is 1.28. The van der Waals surface area contributed by atoms with E-state index in [1.165, 1.54) is 21.1 Å². The van der Waals surface area contributed by atoms with Gasteiger partial charge in [-0.2, -0.15) is 5.26 Å². The molecule has 0 aromatic carbocycles. The molecule has 0 heterocycles. The minimum atomic E-state index is -1.41. The van der Waals surface area contributed by atoms with Crippen LogP contribution in [-0.2, 0) is 19.1 Å². The van der Waals surface area contributed by atoms with Gasteiger partial charge >= 0.3 is 11.9 Å². The van der Waals surface area contributed by atoms with Crippen molar-refractivity contribution in [3.05, 3.63) is 0 Å². The number of nitrogens with zero attached hydrogens (tertiary/aromatic N) is 1. The van der Waals surface area contributed by atoms with Crippen molar-refractivity contribution in [3.63, 3.8) is 0 Å². The highest BCUT2D eigenvalue weighted by Gasteiger charge is 2.49. The van der Waals surface area contributed by atoms with Crippen LogP contribution in [0.4, 0.5) is 0 Å². The van der Waals surface area contributed by atoms with E-state index in [-0.39, 0.29) is 6.42 Å². The highest BCUT2D eigenvalue weighted by molar-refractivity contribution is 5.99. The van der Waals surface area contributed by atoms with Gasteiger partial charge in [0.2, 0.25) is 0 Å². The van der Waals surface area contributed by atoms with Gasteiger partial charge in [0, 0.05) is 6.42 Å². The fourth-order valence-electron chi connectivity index (χ4n) is 1.71. The number of methoxy groups -OCH3 is 2. The molecule has 5 nitrogen and oxygen atoms in total. The average molecular weight is 227 g/mol. The van der Waals surface area contributed by atoms with Gasteiger partial charge in [-0.05, 0) is 12.8 Å². The fourth-order valence-corrected chi connectivity index (χ4v) is 1.71. The minimum Gasteiger partial charge on any atom is -0.468 e. The topological polar surface area (TPSA) is 76.4 Å². The third-order valence-electron chi connectivity index (χ3n) is 2.87. The Bertz CT molecular complexity index is 290. The number of ether oxygens (including phenoxy) is 2. The molecule has 0 rings (SSSR count). The molecule has 0 saturated heterocycles. The van der Waals surface area contributed by atoms with Crippen LogP contribution in [0.25, 0.3) is 0 Å². The Morgan fingerprint density at radius 2 is 1.75 bits per heavy atom. The molecule has 1 atom stereocenters. The Hall–Kier alpha value is -1.57. The number of hydrogen-bond acceptors (Lipinski definition) is 5. The van der Waals surface area contributed by atoms with Crippen LogP contribution >= 0.6 is 0 Å². The molecule has 5 heteroatoms. The second-order valence-corrected chi connectivity index (χ2v) is 3.65. The summed E-state index contributed by atoms with van der Waals surface area (Å²) in [4.78, 5) is 23.4. The summed E-state index contributed by atoms with van der Waals surface area (Å²) in [6.07, 6.45) is 0.630. The van der Waals surface area contributed by atoms with Crippen molar-refractivity contribution >= 4 is 11.9 Å². The number of carbonyl (C=O) groups is 2. The molecule has 0 aromatic heterocycles. The average Bonchev–Trinajstić information content (AvgIpc) is 2.32. The molecule has 0 aromatic rings. The van der Waals surface area contributed by atoms with Gasteiger partial charge in [-0.15, -0.1) is 0 Å². The second-order valence-electron chi connectivity index (χ2n) is 3.65. The van der Waals surface area contributed by atoms with Crippen LogP contribution in [0.3, 0.4) is 0 Å². The summed E-state index contributed by atoms with van der Waals surface area (Å²) < 4.78 is 9.24. The lowest BCUT2D eigenvalue weighted by molar-refractivity contribution is -0.172.